The van der Waals surface area contributed by atoms with Crippen LogP contribution in [-0.2, 0) is 22.5 Å². The number of esters is 1. The maximum atomic E-state index is 12.7. The number of benzene rings is 2. The molecule has 2 aromatic carbocycles. The Morgan fingerprint density at radius 2 is 1.44 bits per heavy atom. The molecular weight excluding hydrogens is 422 g/mol. The van der Waals surface area contributed by atoms with Gasteiger partial charge >= 0.3 is 5.97 Å². The lowest BCUT2D eigenvalue weighted by Crippen LogP contribution is -2.51. The van der Waals surface area contributed by atoms with E-state index in [4.69, 9.17) is 9.47 Å². The molecule has 0 amide bonds. The molecule has 0 saturated heterocycles. The molecule has 1 atom stereocenters. The Hall–Kier alpha value is -2.33. The van der Waals surface area contributed by atoms with Gasteiger partial charge in [0.05, 0.1) is 14.1 Å². The van der Waals surface area contributed by atoms with Gasteiger partial charge < -0.3 is 14.0 Å². The number of likely N-dealkylation sites (N-methyl/N-ethyl adjacent to an activating group) is 1. The topological polar surface area (TPSA) is 35.5 Å². The molecule has 1 unspecified atom stereocenters. The monoisotopic (exact) mass is 468 g/mol. The van der Waals surface area contributed by atoms with Gasteiger partial charge in [-0.3, -0.25) is 0 Å². The molecule has 0 aliphatic rings. The van der Waals surface area contributed by atoms with Crippen molar-refractivity contribution in [1.82, 2.24) is 0 Å². The van der Waals surface area contributed by atoms with Crippen molar-refractivity contribution in [2.75, 3.05) is 27.3 Å². The summed E-state index contributed by atoms with van der Waals surface area (Å²) in [5.74, 6) is 0.728. The fraction of sp³-hybridized carbons (Fsp3) is 0.567. The third-order valence-corrected chi connectivity index (χ3v) is 6.68. The van der Waals surface area contributed by atoms with E-state index in [1.54, 1.807) is 0 Å². The molecule has 0 heterocycles. The fourth-order valence-corrected chi connectivity index (χ4v) is 4.19. The first-order chi connectivity index (χ1) is 16.4. The van der Waals surface area contributed by atoms with Crippen LogP contribution in [0.2, 0.25) is 0 Å². The van der Waals surface area contributed by atoms with Crippen molar-refractivity contribution in [2.24, 2.45) is 0 Å². The summed E-state index contributed by atoms with van der Waals surface area (Å²) in [5.41, 5.74) is 2.46. The van der Waals surface area contributed by atoms with Crippen LogP contribution in [0.3, 0.4) is 0 Å². The van der Waals surface area contributed by atoms with Crippen molar-refractivity contribution in [1.29, 1.82) is 0 Å². The SMILES string of the molecule is CCCCCCCCCCc1ccccc1OCCOC(=O)C(C)[N+](C)(C)Cc1ccccc1. The van der Waals surface area contributed by atoms with Gasteiger partial charge in [0.1, 0.15) is 25.5 Å². The summed E-state index contributed by atoms with van der Waals surface area (Å²) < 4.78 is 12.1. The second-order valence-corrected chi connectivity index (χ2v) is 9.95. The van der Waals surface area contributed by atoms with E-state index in [9.17, 15) is 4.79 Å². The number of ether oxygens (including phenoxy) is 2. The smallest absolute Gasteiger partial charge is 0.364 e. The van der Waals surface area contributed by atoms with Gasteiger partial charge in [-0.2, -0.15) is 0 Å². The van der Waals surface area contributed by atoms with E-state index < -0.39 is 0 Å². The van der Waals surface area contributed by atoms with Crippen LogP contribution in [0.1, 0.15) is 76.3 Å². The van der Waals surface area contributed by atoms with Gasteiger partial charge in [0.15, 0.2) is 6.04 Å². The predicted molar refractivity (Wildman–Crippen MR) is 141 cm³/mol. The first-order valence-corrected chi connectivity index (χ1v) is 13.2. The lowest BCUT2D eigenvalue weighted by Gasteiger charge is -2.34. The van der Waals surface area contributed by atoms with Crippen LogP contribution in [0.5, 0.6) is 5.75 Å². The Morgan fingerprint density at radius 1 is 0.824 bits per heavy atom. The predicted octanol–water partition coefficient (Wildman–Crippen LogP) is 6.96. The van der Waals surface area contributed by atoms with Crippen molar-refractivity contribution in [3.63, 3.8) is 0 Å². The Labute approximate surface area is 207 Å². The van der Waals surface area contributed by atoms with Gasteiger partial charge in [0.2, 0.25) is 0 Å². The Morgan fingerprint density at radius 3 is 2.15 bits per heavy atom. The number of hydrogen-bond donors (Lipinski definition) is 0. The summed E-state index contributed by atoms with van der Waals surface area (Å²) in [6, 6.07) is 18.2. The average Bonchev–Trinajstić information content (AvgIpc) is 2.84. The largest absolute Gasteiger partial charge is 0.490 e. The molecule has 2 rings (SSSR count). The summed E-state index contributed by atoms with van der Waals surface area (Å²) in [5, 5.41) is 0. The number of hydrogen-bond acceptors (Lipinski definition) is 3. The van der Waals surface area contributed by atoms with Gasteiger partial charge in [-0.1, -0.05) is 100 Å². The number of rotatable bonds is 17. The van der Waals surface area contributed by atoms with Crippen molar-refractivity contribution in [3.8, 4) is 5.75 Å². The van der Waals surface area contributed by atoms with Gasteiger partial charge in [-0.25, -0.2) is 4.79 Å². The molecule has 0 fully saturated rings. The molecule has 0 bridgehead atoms. The Bertz CT molecular complexity index is 819. The third kappa shape index (κ3) is 10.3. The molecule has 0 aliphatic heterocycles. The van der Waals surface area contributed by atoms with Crippen LogP contribution in [0, 0.1) is 0 Å². The van der Waals surface area contributed by atoms with E-state index in [-0.39, 0.29) is 18.6 Å². The number of carbonyl (C=O) groups excluding carboxylic acids is 1. The van der Waals surface area contributed by atoms with Crippen LogP contribution >= 0.6 is 0 Å². The van der Waals surface area contributed by atoms with Gasteiger partial charge in [0.25, 0.3) is 0 Å². The van der Waals surface area contributed by atoms with Crippen LogP contribution < -0.4 is 4.74 Å². The summed E-state index contributed by atoms with van der Waals surface area (Å²) >= 11 is 0. The van der Waals surface area contributed by atoms with E-state index in [0.717, 1.165) is 18.7 Å². The molecule has 0 saturated carbocycles. The summed E-state index contributed by atoms with van der Waals surface area (Å²) in [7, 11) is 4.13. The van der Waals surface area contributed by atoms with Crippen molar-refractivity contribution in [3.05, 3.63) is 65.7 Å². The van der Waals surface area contributed by atoms with Crippen LogP contribution in [-0.4, -0.2) is 43.8 Å². The highest BCUT2D eigenvalue weighted by atomic mass is 16.6. The van der Waals surface area contributed by atoms with Crippen LogP contribution in [0.15, 0.2) is 54.6 Å². The minimum Gasteiger partial charge on any atom is -0.490 e. The lowest BCUT2D eigenvalue weighted by molar-refractivity contribution is -0.917. The molecule has 0 spiro atoms. The number of unbranched alkanes of at least 4 members (excludes halogenated alkanes) is 7. The highest BCUT2D eigenvalue weighted by Crippen LogP contribution is 2.21. The molecular formula is C30H46NO3+. The lowest BCUT2D eigenvalue weighted by atomic mass is 10.0. The maximum Gasteiger partial charge on any atom is 0.364 e. The minimum absolute atomic E-state index is 0.184. The zero-order chi connectivity index (χ0) is 24.7. The van der Waals surface area contributed by atoms with Crippen LogP contribution in [0.4, 0.5) is 0 Å². The fourth-order valence-electron chi connectivity index (χ4n) is 4.19. The van der Waals surface area contributed by atoms with E-state index in [1.807, 2.05) is 37.3 Å². The zero-order valence-corrected chi connectivity index (χ0v) is 21.9. The van der Waals surface area contributed by atoms with Crippen molar-refractivity contribution < 1.29 is 18.8 Å². The number of aryl methyl sites for hydroxylation is 1. The highest BCUT2D eigenvalue weighted by molar-refractivity contribution is 5.74. The molecule has 2 aromatic rings. The van der Waals surface area contributed by atoms with E-state index in [2.05, 4.69) is 45.3 Å². The Balaban J connectivity index is 1.69. The molecule has 34 heavy (non-hydrogen) atoms. The average molecular weight is 469 g/mol. The molecule has 4 nitrogen and oxygen atoms in total. The van der Waals surface area contributed by atoms with Gasteiger partial charge in [0, 0.05) is 5.56 Å². The number of quaternary nitrogens is 1. The maximum absolute atomic E-state index is 12.7. The summed E-state index contributed by atoms with van der Waals surface area (Å²) in [4.78, 5) is 12.7. The van der Waals surface area contributed by atoms with Crippen molar-refractivity contribution in [2.45, 2.75) is 84.2 Å². The summed E-state index contributed by atoms with van der Waals surface area (Å²) in [6.07, 6.45) is 11.6. The van der Waals surface area contributed by atoms with E-state index in [0.29, 0.717) is 11.1 Å². The Kier molecular flexibility index (Phi) is 12.8. The number of nitrogens with zero attached hydrogens (tertiary/aromatic N) is 1. The third-order valence-electron chi connectivity index (χ3n) is 6.68. The quantitative estimate of drug-likeness (QED) is 0.143. The second-order valence-electron chi connectivity index (χ2n) is 9.95. The molecule has 0 radical (unpaired) electrons. The molecule has 0 N–H and O–H groups in total. The minimum atomic E-state index is -0.255. The second kappa shape index (κ2) is 15.5. The number of carbonyl (C=O) groups is 1. The summed E-state index contributed by atoms with van der Waals surface area (Å²) in [6.45, 7) is 5.61. The van der Waals surface area contributed by atoms with E-state index >= 15 is 0 Å². The molecule has 188 valence electrons. The molecule has 4 heteroatoms. The number of para-hydroxylation sites is 1. The first kappa shape index (κ1) is 27.9. The van der Waals surface area contributed by atoms with Crippen molar-refractivity contribution >= 4 is 5.97 Å². The molecule has 0 aromatic heterocycles. The zero-order valence-electron chi connectivity index (χ0n) is 21.9. The first-order valence-electron chi connectivity index (χ1n) is 13.2. The standard InChI is InChI=1S/C30H46NO3/c1-5-6-7-8-9-10-11-15-20-28-21-16-17-22-29(28)33-23-24-34-30(32)26(2)31(3,4)25-27-18-13-12-14-19-27/h12-14,16-19,21-22,26H,5-11,15,20,23-25H2,1-4H3/q+1. The van der Waals surface area contributed by atoms with Crippen LogP contribution in [0.25, 0.3) is 0 Å². The van der Waals surface area contributed by atoms with Gasteiger partial charge in [-0.05, 0) is 31.4 Å². The highest BCUT2D eigenvalue weighted by Gasteiger charge is 2.32. The normalized spacial score (nSPS) is 12.4. The van der Waals surface area contributed by atoms with Gasteiger partial charge in [-0.15, -0.1) is 0 Å². The molecule has 0 aliphatic carbocycles. The van der Waals surface area contributed by atoms with E-state index in [1.165, 1.54) is 62.5 Å².